The molecule has 0 bridgehead atoms. The van der Waals surface area contributed by atoms with Gasteiger partial charge in [-0.15, -0.1) is 0 Å². The summed E-state index contributed by atoms with van der Waals surface area (Å²) < 4.78 is 23.3. The fourth-order valence-corrected chi connectivity index (χ4v) is 5.49. The molecule has 0 fully saturated rings. The van der Waals surface area contributed by atoms with E-state index in [0.717, 1.165) is 17.0 Å². The highest BCUT2D eigenvalue weighted by Gasteiger charge is 2.39. The van der Waals surface area contributed by atoms with Gasteiger partial charge < -0.3 is 31.9 Å². The summed E-state index contributed by atoms with van der Waals surface area (Å²) in [4.78, 5) is 20.5. The van der Waals surface area contributed by atoms with Crippen LogP contribution in [0.2, 0.25) is 0 Å². The number of carbonyl (C=O) groups is 1. The number of aliphatic hydroxyl groups is 1. The Bertz CT molecular complexity index is 1980. The zero-order valence-electron chi connectivity index (χ0n) is 25.2. The minimum Gasteiger partial charge on any atom is -0.508 e. The Morgan fingerprint density at radius 1 is 0.891 bits per heavy atom. The number of carboxylic acid groups (broad SMARTS) is 1. The number of H-pyrrole nitrogens is 2. The smallest absolute Gasteiger partial charge is 0.337 e. The third-order valence-corrected chi connectivity index (χ3v) is 8.15. The third kappa shape index (κ3) is 9.29. The lowest BCUT2D eigenvalue weighted by Crippen LogP contribution is -2.47. The van der Waals surface area contributed by atoms with Gasteiger partial charge in [0.2, 0.25) is 0 Å². The van der Waals surface area contributed by atoms with Gasteiger partial charge in [-0.25, -0.2) is 13.2 Å². The molecule has 4 aromatic carbocycles. The van der Waals surface area contributed by atoms with Gasteiger partial charge in [0.25, 0.3) is 5.56 Å². The molecule has 12 heteroatoms. The minimum atomic E-state index is -3.34. The van der Waals surface area contributed by atoms with Crippen molar-refractivity contribution in [1.29, 1.82) is 0 Å². The summed E-state index contributed by atoms with van der Waals surface area (Å²) in [7, 11) is -3.34. The van der Waals surface area contributed by atoms with Crippen molar-refractivity contribution in [3.8, 4) is 5.75 Å². The quantitative estimate of drug-likeness (QED) is 0.139. The first-order valence-corrected chi connectivity index (χ1v) is 15.7. The summed E-state index contributed by atoms with van der Waals surface area (Å²) in [6, 6.07) is 29.3. The van der Waals surface area contributed by atoms with E-state index in [1.807, 2.05) is 36.4 Å². The van der Waals surface area contributed by atoms with E-state index in [0.29, 0.717) is 22.6 Å². The van der Waals surface area contributed by atoms with Gasteiger partial charge in [-0.2, -0.15) is 0 Å². The summed E-state index contributed by atoms with van der Waals surface area (Å²) in [5.41, 5.74) is 11.5. The number of fused-ring (bicyclic) bond motifs is 1. The van der Waals surface area contributed by atoms with Crippen molar-refractivity contribution in [3.63, 3.8) is 0 Å². The number of phenolic OH excluding ortho intramolecular Hbond substituents is 1. The topological polar surface area (TPSA) is 213 Å². The number of sulfone groups is 1. The highest BCUT2D eigenvalue weighted by molar-refractivity contribution is 7.94. The van der Waals surface area contributed by atoms with Gasteiger partial charge in [-0.05, 0) is 65.3 Å². The summed E-state index contributed by atoms with van der Waals surface area (Å²) in [5.74, 6) is -0.665. The average Bonchev–Trinajstić information content (AvgIpc) is 3.51. The molecule has 2 unspecified atom stereocenters. The van der Waals surface area contributed by atoms with E-state index in [1.165, 1.54) is 24.3 Å². The molecule has 2 atom stereocenters. The second kappa shape index (κ2) is 15.5. The lowest BCUT2D eigenvalue weighted by molar-refractivity contribution is 0.0694. The number of anilines is 1. The summed E-state index contributed by atoms with van der Waals surface area (Å²) in [6.45, 7) is 1.64. The van der Waals surface area contributed by atoms with Crippen LogP contribution < -0.4 is 17.0 Å². The number of phenols is 1. The van der Waals surface area contributed by atoms with E-state index in [4.69, 9.17) is 21.7 Å². The number of nitrogen functional groups attached to an aromatic ring is 1. The van der Waals surface area contributed by atoms with Crippen LogP contribution in [0.3, 0.4) is 0 Å². The normalized spacial score (nSPS) is 17.0. The molecule has 6 rings (SSSR count). The minimum absolute atomic E-state index is 0.0880. The molecular weight excluding hydrogens is 608 g/mol. The highest BCUT2D eigenvalue weighted by Crippen LogP contribution is 2.35. The molecular formula is C34H36N4O7S. The number of nitrogens with one attached hydrogen (secondary N) is 2. The van der Waals surface area contributed by atoms with Crippen LogP contribution in [-0.2, 0) is 15.4 Å². The lowest BCUT2D eigenvalue weighted by atomic mass is 9.80. The van der Waals surface area contributed by atoms with Crippen molar-refractivity contribution in [1.82, 2.24) is 10.2 Å². The molecule has 240 valence electrons. The standard InChI is InChI=1S/C14H17NO3S.C10H8O.C7H7NO2.C3H4N2O/c1-10-12(19(2,17)18)8-9-14(16,13(10)15)11-6-4-3-5-7-11;11-10-6-5-8-3-1-2-4-9(8)7-10;8-6-4-2-1-3-5(6)7(9)10;6-3-1-2-4-5-3/h3-9,13,16H,15H2,1-2H3;1-7,11H;1-4H,8H2,(H,9,10);1-2H,(H2,4,5,6). The maximum atomic E-state index is 11.6. The van der Waals surface area contributed by atoms with Crippen LogP contribution in [-0.4, -0.2) is 52.2 Å². The number of rotatable bonds is 3. The number of aromatic nitrogens is 2. The van der Waals surface area contributed by atoms with Crippen molar-refractivity contribution < 1.29 is 28.5 Å². The van der Waals surface area contributed by atoms with Gasteiger partial charge in [0.05, 0.1) is 16.5 Å². The number of aromatic carboxylic acids is 1. The Balaban J connectivity index is 0.000000181. The van der Waals surface area contributed by atoms with E-state index in [9.17, 15) is 23.1 Å². The zero-order valence-corrected chi connectivity index (χ0v) is 26.0. The van der Waals surface area contributed by atoms with Gasteiger partial charge in [-0.1, -0.05) is 72.8 Å². The van der Waals surface area contributed by atoms with Crippen molar-refractivity contribution in [2.75, 3.05) is 12.0 Å². The van der Waals surface area contributed by atoms with Crippen LogP contribution in [0.25, 0.3) is 10.8 Å². The highest BCUT2D eigenvalue weighted by atomic mass is 32.2. The summed E-state index contributed by atoms with van der Waals surface area (Å²) >= 11 is 0. The van der Waals surface area contributed by atoms with Crippen LogP contribution in [0.15, 0.2) is 137 Å². The molecule has 1 aromatic heterocycles. The van der Waals surface area contributed by atoms with E-state index in [1.54, 1.807) is 67.7 Å². The Labute approximate surface area is 266 Å². The molecule has 0 radical (unpaired) electrons. The van der Waals surface area contributed by atoms with Gasteiger partial charge in [0.1, 0.15) is 11.4 Å². The second-order valence-corrected chi connectivity index (χ2v) is 12.2. The molecule has 1 heterocycles. The lowest BCUT2D eigenvalue weighted by Gasteiger charge is -2.35. The van der Waals surface area contributed by atoms with Crippen molar-refractivity contribution in [3.05, 3.63) is 153 Å². The first-order valence-electron chi connectivity index (χ1n) is 13.8. The Kier molecular flexibility index (Phi) is 11.8. The number of hydrogen-bond acceptors (Lipinski definition) is 8. The predicted molar refractivity (Wildman–Crippen MR) is 180 cm³/mol. The van der Waals surface area contributed by atoms with Crippen LogP contribution in [0.1, 0.15) is 22.8 Å². The molecule has 5 aromatic rings. The Hall–Kier alpha value is -5.43. The van der Waals surface area contributed by atoms with Crippen LogP contribution in [0, 0.1) is 0 Å². The van der Waals surface area contributed by atoms with Gasteiger partial charge >= 0.3 is 5.97 Å². The number of carboxylic acids is 1. The molecule has 46 heavy (non-hydrogen) atoms. The maximum Gasteiger partial charge on any atom is 0.337 e. The number of para-hydroxylation sites is 1. The van der Waals surface area contributed by atoms with Crippen molar-refractivity contribution in [2.45, 2.75) is 18.6 Å². The van der Waals surface area contributed by atoms with Crippen LogP contribution in [0.4, 0.5) is 5.69 Å². The first kappa shape index (κ1) is 35.1. The van der Waals surface area contributed by atoms with E-state index in [2.05, 4.69) is 10.2 Å². The SMILES string of the molecule is CC1=C(S(C)(=O)=O)C=CC(O)(c2ccccc2)C1N.Nc1ccccc1C(=O)O.O=c1cc[nH][nH]1.Oc1ccc2ccccc2c1. The van der Waals surface area contributed by atoms with Gasteiger partial charge in [0.15, 0.2) is 9.84 Å². The Morgan fingerprint density at radius 3 is 2.02 bits per heavy atom. The van der Waals surface area contributed by atoms with Crippen molar-refractivity contribution >= 4 is 32.3 Å². The first-order chi connectivity index (χ1) is 21.7. The predicted octanol–water partition coefficient (Wildman–Crippen LogP) is 4.31. The Morgan fingerprint density at radius 2 is 1.50 bits per heavy atom. The molecule has 1 aliphatic carbocycles. The fraction of sp³-hybridized carbons (Fsp3) is 0.118. The van der Waals surface area contributed by atoms with E-state index < -0.39 is 27.4 Å². The number of nitrogens with two attached hydrogens (primary N) is 2. The van der Waals surface area contributed by atoms with Crippen molar-refractivity contribution in [2.24, 2.45) is 5.73 Å². The molecule has 11 nitrogen and oxygen atoms in total. The fourth-order valence-electron chi connectivity index (χ4n) is 4.46. The van der Waals surface area contributed by atoms with Crippen LogP contribution >= 0.6 is 0 Å². The summed E-state index contributed by atoms with van der Waals surface area (Å²) in [6.07, 6.45) is 5.57. The van der Waals surface area contributed by atoms with Crippen LogP contribution in [0.5, 0.6) is 5.75 Å². The number of aromatic amines is 2. The largest absolute Gasteiger partial charge is 0.508 e. The monoisotopic (exact) mass is 644 g/mol. The molecule has 0 saturated carbocycles. The molecule has 0 amide bonds. The maximum absolute atomic E-state index is 11.6. The van der Waals surface area contributed by atoms with E-state index in [-0.39, 0.29) is 16.0 Å². The second-order valence-electron chi connectivity index (χ2n) is 10.2. The third-order valence-electron chi connectivity index (χ3n) is 6.89. The van der Waals surface area contributed by atoms with Gasteiger partial charge in [-0.3, -0.25) is 9.89 Å². The average molecular weight is 645 g/mol. The molecule has 0 spiro atoms. The number of allylic oxidation sites excluding steroid dienone is 1. The number of hydrogen-bond donors (Lipinski definition) is 7. The molecule has 0 saturated heterocycles. The van der Waals surface area contributed by atoms with Gasteiger partial charge in [0, 0.05) is 24.2 Å². The molecule has 1 aliphatic rings. The molecule has 9 N–H and O–H groups in total. The molecule has 0 aliphatic heterocycles. The van der Waals surface area contributed by atoms with E-state index >= 15 is 0 Å². The zero-order chi connectivity index (χ0) is 33.9. The number of benzene rings is 4. The summed E-state index contributed by atoms with van der Waals surface area (Å²) in [5, 5.41) is 35.4. The number of aromatic hydroxyl groups is 1.